The molecule has 0 fully saturated rings. The van der Waals surface area contributed by atoms with E-state index in [1.807, 2.05) is 18.2 Å². The van der Waals surface area contributed by atoms with Crippen molar-refractivity contribution in [2.75, 3.05) is 0 Å². The van der Waals surface area contributed by atoms with E-state index in [1.165, 1.54) is 16.7 Å². The van der Waals surface area contributed by atoms with Crippen molar-refractivity contribution in [1.29, 1.82) is 0 Å². The Bertz CT molecular complexity index is 591. The van der Waals surface area contributed by atoms with Crippen LogP contribution in [0.4, 0.5) is 0 Å². The highest BCUT2D eigenvalue weighted by Crippen LogP contribution is 2.30. The molecule has 0 saturated carbocycles. The standard InChI is InChI=1S/C16H15Cl3/c1-10-3-4-11(2)13(7-10)15(18)8-12-5-6-14(17)16(19)9-12/h3-7,9,15H,8H2,1-2H3. The SMILES string of the molecule is Cc1ccc(C)c(C(Cl)Cc2ccc(Cl)c(Cl)c2)c1. The second kappa shape index (κ2) is 6.17. The van der Waals surface area contributed by atoms with Gasteiger partial charge in [0.25, 0.3) is 0 Å². The summed E-state index contributed by atoms with van der Waals surface area (Å²) < 4.78 is 0. The lowest BCUT2D eigenvalue weighted by molar-refractivity contribution is 0.908. The highest BCUT2D eigenvalue weighted by atomic mass is 35.5. The van der Waals surface area contributed by atoms with E-state index in [4.69, 9.17) is 34.8 Å². The molecular weight excluding hydrogens is 299 g/mol. The fourth-order valence-corrected chi connectivity index (χ4v) is 2.81. The molecule has 1 atom stereocenters. The lowest BCUT2D eigenvalue weighted by Gasteiger charge is -2.14. The van der Waals surface area contributed by atoms with Crippen LogP contribution in [0.25, 0.3) is 0 Å². The van der Waals surface area contributed by atoms with Crippen LogP contribution in [0.15, 0.2) is 36.4 Å². The van der Waals surface area contributed by atoms with Crippen LogP contribution in [0.5, 0.6) is 0 Å². The number of alkyl halides is 1. The quantitative estimate of drug-likeness (QED) is 0.598. The summed E-state index contributed by atoms with van der Waals surface area (Å²) in [6.07, 6.45) is 0.739. The van der Waals surface area contributed by atoms with Crippen molar-refractivity contribution < 1.29 is 0 Å². The van der Waals surface area contributed by atoms with Crippen LogP contribution in [0, 0.1) is 13.8 Å². The molecule has 1 unspecified atom stereocenters. The summed E-state index contributed by atoms with van der Waals surface area (Å²) in [5.41, 5.74) is 4.70. The van der Waals surface area contributed by atoms with Gasteiger partial charge in [0.05, 0.1) is 15.4 Å². The summed E-state index contributed by atoms with van der Waals surface area (Å²) >= 11 is 18.5. The molecule has 0 aliphatic heterocycles. The van der Waals surface area contributed by atoms with Crippen molar-refractivity contribution in [3.8, 4) is 0 Å². The molecule has 0 aliphatic carbocycles. The molecule has 0 bridgehead atoms. The van der Waals surface area contributed by atoms with Gasteiger partial charge in [-0.1, -0.05) is 53.0 Å². The second-order valence-electron chi connectivity index (χ2n) is 4.78. The fourth-order valence-electron chi connectivity index (χ4n) is 2.08. The van der Waals surface area contributed by atoms with Crippen LogP contribution in [-0.4, -0.2) is 0 Å². The Labute approximate surface area is 129 Å². The Hall–Kier alpha value is -0.690. The predicted molar refractivity (Wildman–Crippen MR) is 84.7 cm³/mol. The predicted octanol–water partition coefficient (Wildman–Crippen LogP) is 6.13. The third-order valence-corrected chi connectivity index (χ3v) is 4.30. The first-order valence-electron chi connectivity index (χ1n) is 6.12. The van der Waals surface area contributed by atoms with Gasteiger partial charge >= 0.3 is 0 Å². The topological polar surface area (TPSA) is 0 Å². The zero-order valence-electron chi connectivity index (χ0n) is 10.9. The van der Waals surface area contributed by atoms with Gasteiger partial charge in [-0.3, -0.25) is 0 Å². The Morgan fingerprint density at radius 2 is 1.68 bits per heavy atom. The average molecular weight is 314 g/mol. The number of hydrogen-bond acceptors (Lipinski definition) is 0. The molecule has 0 spiro atoms. The minimum absolute atomic E-state index is 0.0582. The molecule has 0 aliphatic rings. The molecule has 19 heavy (non-hydrogen) atoms. The zero-order valence-corrected chi connectivity index (χ0v) is 13.2. The lowest BCUT2D eigenvalue weighted by atomic mass is 9.98. The summed E-state index contributed by atoms with van der Waals surface area (Å²) in [5.74, 6) is 0. The van der Waals surface area contributed by atoms with Gasteiger partial charge in [-0.25, -0.2) is 0 Å². The van der Waals surface area contributed by atoms with Gasteiger partial charge in [-0.2, -0.15) is 0 Å². The molecule has 0 nitrogen and oxygen atoms in total. The number of hydrogen-bond donors (Lipinski definition) is 0. The van der Waals surface area contributed by atoms with Gasteiger partial charge < -0.3 is 0 Å². The molecule has 3 heteroatoms. The normalized spacial score (nSPS) is 12.5. The van der Waals surface area contributed by atoms with Crippen molar-refractivity contribution in [3.05, 3.63) is 68.7 Å². The molecule has 0 saturated heterocycles. The van der Waals surface area contributed by atoms with E-state index in [2.05, 4.69) is 32.0 Å². The average Bonchev–Trinajstić information content (AvgIpc) is 2.36. The molecule has 0 heterocycles. The Morgan fingerprint density at radius 3 is 2.37 bits per heavy atom. The Kier molecular flexibility index (Phi) is 4.78. The van der Waals surface area contributed by atoms with E-state index in [1.54, 1.807) is 0 Å². The number of rotatable bonds is 3. The minimum Gasteiger partial charge on any atom is -0.117 e. The van der Waals surface area contributed by atoms with Crippen LogP contribution >= 0.6 is 34.8 Å². The van der Waals surface area contributed by atoms with Crippen molar-refractivity contribution in [3.63, 3.8) is 0 Å². The third-order valence-electron chi connectivity index (χ3n) is 3.17. The number of aryl methyl sites for hydroxylation is 2. The van der Waals surface area contributed by atoms with Crippen molar-refractivity contribution >= 4 is 34.8 Å². The first-order chi connectivity index (χ1) is 8.97. The molecule has 0 aromatic heterocycles. The fraction of sp³-hybridized carbons (Fsp3) is 0.250. The summed E-state index contributed by atoms with van der Waals surface area (Å²) in [6.45, 7) is 4.16. The smallest absolute Gasteiger partial charge is 0.0628 e. The minimum atomic E-state index is -0.0582. The first kappa shape index (κ1) is 14.7. The molecule has 2 aromatic rings. The van der Waals surface area contributed by atoms with E-state index in [0.29, 0.717) is 10.0 Å². The summed E-state index contributed by atoms with van der Waals surface area (Å²) in [6, 6.07) is 12.0. The van der Waals surface area contributed by atoms with Gasteiger partial charge in [-0.15, -0.1) is 11.6 Å². The van der Waals surface area contributed by atoms with E-state index >= 15 is 0 Å². The van der Waals surface area contributed by atoms with Crippen LogP contribution < -0.4 is 0 Å². The van der Waals surface area contributed by atoms with Gasteiger partial charge in [-0.05, 0) is 49.1 Å². The monoisotopic (exact) mass is 312 g/mol. The van der Waals surface area contributed by atoms with Crippen LogP contribution in [0.3, 0.4) is 0 Å². The molecule has 2 aromatic carbocycles. The number of halogens is 3. The zero-order chi connectivity index (χ0) is 14.0. The van der Waals surface area contributed by atoms with Crippen molar-refractivity contribution in [2.45, 2.75) is 25.6 Å². The van der Waals surface area contributed by atoms with E-state index in [-0.39, 0.29) is 5.38 Å². The van der Waals surface area contributed by atoms with Gasteiger partial charge in [0.15, 0.2) is 0 Å². The van der Waals surface area contributed by atoms with Gasteiger partial charge in [0.2, 0.25) is 0 Å². The molecule has 0 amide bonds. The Morgan fingerprint density at radius 1 is 0.947 bits per heavy atom. The molecule has 0 N–H and O–H groups in total. The summed E-state index contributed by atoms with van der Waals surface area (Å²) in [4.78, 5) is 0. The molecular formula is C16H15Cl3. The highest BCUT2D eigenvalue weighted by Gasteiger charge is 2.12. The van der Waals surface area contributed by atoms with Gasteiger partial charge in [0, 0.05) is 0 Å². The largest absolute Gasteiger partial charge is 0.117 e. The van der Waals surface area contributed by atoms with Crippen molar-refractivity contribution in [1.82, 2.24) is 0 Å². The summed E-state index contributed by atoms with van der Waals surface area (Å²) in [7, 11) is 0. The maximum absolute atomic E-state index is 6.53. The van der Waals surface area contributed by atoms with E-state index in [0.717, 1.165) is 12.0 Å². The van der Waals surface area contributed by atoms with E-state index < -0.39 is 0 Å². The first-order valence-corrected chi connectivity index (χ1v) is 7.32. The molecule has 100 valence electrons. The lowest BCUT2D eigenvalue weighted by Crippen LogP contribution is -1.99. The van der Waals surface area contributed by atoms with Gasteiger partial charge in [0.1, 0.15) is 0 Å². The van der Waals surface area contributed by atoms with Crippen LogP contribution in [-0.2, 0) is 6.42 Å². The second-order valence-corrected chi connectivity index (χ2v) is 6.12. The maximum atomic E-state index is 6.53. The Balaban J connectivity index is 2.22. The highest BCUT2D eigenvalue weighted by molar-refractivity contribution is 6.42. The van der Waals surface area contributed by atoms with Crippen LogP contribution in [0.2, 0.25) is 10.0 Å². The molecule has 0 radical (unpaired) electrons. The maximum Gasteiger partial charge on any atom is 0.0628 e. The van der Waals surface area contributed by atoms with E-state index in [9.17, 15) is 0 Å². The number of benzene rings is 2. The summed E-state index contributed by atoms with van der Waals surface area (Å²) in [5, 5.41) is 1.09. The third kappa shape index (κ3) is 3.66. The van der Waals surface area contributed by atoms with Crippen LogP contribution in [0.1, 0.15) is 27.6 Å². The van der Waals surface area contributed by atoms with Crippen molar-refractivity contribution in [2.24, 2.45) is 0 Å². The molecule has 2 rings (SSSR count).